The second kappa shape index (κ2) is 7.94. The van der Waals surface area contributed by atoms with Gasteiger partial charge >= 0.3 is 0 Å². The summed E-state index contributed by atoms with van der Waals surface area (Å²) in [5.41, 5.74) is 6.86. The van der Waals surface area contributed by atoms with Gasteiger partial charge in [-0.15, -0.1) is 0 Å². The Morgan fingerprint density at radius 2 is 1.59 bits per heavy atom. The lowest BCUT2D eigenvalue weighted by Crippen LogP contribution is -2.32. The molecule has 0 fully saturated rings. The van der Waals surface area contributed by atoms with Crippen LogP contribution in [-0.2, 0) is 0 Å². The van der Waals surface area contributed by atoms with Gasteiger partial charge in [0.15, 0.2) is 0 Å². The summed E-state index contributed by atoms with van der Waals surface area (Å²) in [7, 11) is 3.99. The second-order valence-electron chi connectivity index (χ2n) is 5.68. The van der Waals surface area contributed by atoms with Gasteiger partial charge in [0, 0.05) is 6.04 Å². The van der Waals surface area contributed by atoms with Crippen LogP contribution >= 0.6 is 0 Å². The quantitative estimate of drug-likeness (QED) is 0.825. The van der Waals surface area contributed by atoms with Crippen molar-refractivity contribution in [3.8, 4) is 11.5 Å². The topological polar surface area (TPSA) is 58.7 Å². The van der Waals surface area contributed by atoms with Crippen LogP contribution < -0.4 is 10.5 Å². The predicted octanol–water partition coefficient (Wildman–Crippen LogP) is 2.79. The van der Waals surface area contributed by atoms with Crippen LogP contribution in [0.3, 0.4) is 0 Å². The van der Waals surface area contributed by atoms with Gasteiger partial charge in [-0.3, -0.25) is 0 Å². The van der Waals surface area contributed by atoms with Crippen LogP contribution in [0, 0.1) is 0 Å². The molecule has 0 saturated heterocycles. The van der Waals surface area contributed by atoms with E-state index >= 15 is 0 Å². The number of aliphatic hydroxyl groups is 1. The van der Waals surface area contributed by atoms with Crippen LogP contribution in [0.5, 0.6) is 11.5 Å². The minimum Gasteiger partial charge on any atom is -0.457 e. The van der Waals surface area contributed by atoms with Crippen molar-refractivity contribution in [2.75, 3.05) is 20.6 Å². The zero-order chi connectivity index (χ0) is 15.9. The number of benzene rings is 2. The zero-order valence-electron chi connectivity index (χ0n) is 13.1. The summed E-state index contributed by atoms with van der Waals surface area (Å²) in [4.78, 5) is 2.06. The molecule has 0 saturated carbocycles. The average molecular weight is 300 g/mol. The lowest BCUT2D eigenvalue weighted by molar-refractivity contribution is 0.137. The number of aliphatic hydroxyl groups excluding tert-OH is 1. The molecule has 0 aliphatic carbocycles. The number of hydrogen-bond donors (Lipinski definition) is 2. The van der Waals surface area contributed by atoms with Gasteiger partial charge in [0.05, 0.1) is 6.10 Å². The molecule has 2 aromatic carbocycles. The first-order valence-electron chi connectivity index (χ1n) is 7.47. The van der Waals surface area contributed by atoms with Gasteiger partial charge in [0.25, 0.3) is 0 Å². The van der Waals surface area contributed by atoms with Crippen molar-refractivity contribution in [1.29, 1.82) is 0 Å². The first-order chi connectivity index (χ1) is 10.6. The van der Waals surface area contributed by atoms with Crippen LogP contribution in [0.1, 0.15) is 18.1 Å². The molecule has 3 N–H and O–H groups in total. The highest BCUT2D eigenvalue weighted by Crippen LogP contribution is 2.24. The third kappa shape index (κ3) is 4.84. The Morgan fingerprint density at radius 3 is 2.18 bits per heavy atom. The molecule has 22 heavy (non-hydrogen) atoms. The number of rotatable bonds is 7. The van der Waals surface area contributed by atoms with E-state index < -0.39 is 6.10 Å². The molecule has 118 valence electrons. The summed E-state index contributed by atoms with van der Waals surface area (Å²) in [6.45, 7) is 0.855. The van der Waals surface area contributed by atoms with Gasteiger partial charge in [0.2, 0.25) is 0 Å². The molecule has 0 heterocycles. The maximum Gasteiger partial charge on any atom is 0.127 e. The Hall–Kier alpha value is -1.88. The van der Waals surface area contributed by atoms with Crippen molar-refractivity contribution in [3.05, 3.63) is 60.2 Å². The van der Waals surface area contributed by atoms with Crippen molar-refractivity contribution in [2.45, 2.75) is 18.6 Å². The van der Waals surface area contributed by atoms with E-state index in [0.29, 0.717) is 0 Å². The Balaban J connectivity index is 1.96. The molecule has 2 aromatic rings. The highest BCUT2D eigenvalue weighted by molar-refractivity contribution is 5.33. The number of hydrogen-bond acceptors (Lipinski definition) is 4. The van der Waals surface area contributed by atoms with Crippen LogP contribution in [-0.4, -0.2) is 36.7 Å². The van der Waals surface area contributed by atoms with Gasteiger partial charge in [-0.25, -0.2) is 0 Å². The maximum absolute atomic E-state index is 10.3. The van der Waals surface area contributed by atoms with Gasteiger partial charge in [0.1, 0.15) is 11.5 Å². The van der Waals surface area contributed by atoms with Crippen LogP contribution in [0.25, 0.3) is 0 Å². The molecule has 0 aliphatic heterocycles. The third-order valence-electron chi connectivity index (χ3n) is 3.52. The summed E-state index contributed by atoms with van der Waals surface area (Å²) >= 11 is 0. The normalized spacial score (nSPS) is 13.9. The van der Waals surface area contributed by atoms with E-state index in [1.165, 1.54) is 0 Å². The monoisotopic (exact) mass is 300 g/mol. The summed E-state index contributed by atoms with van der Waals surface area (Å²) in [6.07, 6.45) is 0.0851. The SMILES string of the molecule is CN(C)CCC(N)C(O)c1ccc(Oc2ccccc2)cc1. The first kappa shape index (κ1) is 16.5. The average Bonchev–Trinajstić information content (AvgIpc) is 2.53. The summed E-state index contributed by atoms with van der Waals surface area (Å²) in [6, 6.07) is 16.8. The minimum absolute atomic E-state index is 0.275. The van der Waals surface area contributed by atoms with E-state index in [4.69, 9.17) is 10.5 Å². The molecular formula is C18H24N2O2. The van der Waals surface area contributed by atoms with Gasteiger partial charge in [-0.05, 0) is 56.9 Å². The van der Waals surface area contributed by atoms with Crippen molar-refractivity contribution in [3.63, 3.8) is 0 Å². The minimum atomic E-state index is -0.661. The smallest absolute Gasteiger partial charge is 0.127 e. The number of ether oxygens (including phenoxy) is 1. The van der Waals surface area contributed by atoms with E-state index in [1.807, 2.05) is 68.7 Å². The second-order valence-corrected chi connectivity index (χ2v) is 5.68. The van der Waals surface area contributed by atoms with E-state index in [0.717, 1.165) is 30.0 Å². The van der Waals surface area contributed by atoms with Crippen molar-refractivity contribution < 1.29 is 9.84 Å². The molecule has 0 aromatic heterocycles. The molecular weight excluding hydrogens is 276 g/mol. The lowest BCUT2D eigenvalue weighted by atomic mass is 10.0. The molecule has 0 radical (unpaired) electrons. The predicted molar refractivity (Wildman–Crippen MR) is 89.1 cm³/mol. The van der Waals surface area contributed by atoms with Gasteiger partial charge in [-0.2, -0.15) is 0 Å². The largest absolute Gasteiger partial charge is 0.457 e. The Morgan fingerprint density at radius 1 is 1.00 bits per heavy atom. The highest BCUT2D eigenvalue weighted by atomic mass is 16.5. The highest BCUT2D eigenvalue weighted by Gasteiger charge is 2.17. The Labute approximate surface area is 132 Å². The molecule has 0 spiro atoms. The van der Waals surface area contributed by atoms with Crippen LogP contribution in [0.15, 0.2) is 54.6 Å². The van der Waals surface area contributed by atoms with E-state index in [1.54, 1.807) is 0 Å². The Kier molecular flexibility index (Phi) is 5.95. The van der Waals surface area contributed by atoms with E-state index in [9.17, 15) is 5.11 Å². The standard InChI is InChI=1S/C18H24N2O2/c1-20(2)13-12-17(19)18(21)14-8-10-16(11-9-14)22-15-6-4-3-5-7-15/h3-11,17-18,21H,12-13,19H2,1-2H3. The number of nitrogens with zero attached hydrogens (tertiary/aromatic N) is 1. The molecule has 0 amide bonds. The van der Waals surface area contributed by atoms with Crippen LogP contribution in [0.2, 0.25) is 0 Å². The molecule has 4 nitrogen and oxygen atoms in total. The summed E-state index contributed by atoms with van der Waals surface area (Å²) in [5.74, 6) is 1.53. The zero-order valence-corrected chi connectivity index (χ0v) is 13.1. The fourth-order valence-electron chi connectivity index (χ4n) is 2.17. The van der Waals surface area contributed by atoms with Crippen molar-refractivity contribution in [1.82, 2.24) is 4.90 Å². The molecule has 0 bridgehead atoms. The molecule has 2 atom stereocenters. The summed E-state index contributed by atoms with van der Waals surface area (Å²) < 4.78 is 5.73. The van der Waals surface area contributed by atoms with Gasteiger partial charge in [-0.1, -0.05) is 30.3 Å². The maximum atomic E-state index is 10.3. The molecule has 0 aliphatic rings. The molecule has 2 unspecified atom stereocenters. The fraction of sp³-hybridized carbons (Fsp3) is 0.333. The summed E-state index contributed by atoms with van der Waals surface area (Å²) in [5, 5.41) is 10.3. The molecule has 4 heteroatoms. The number of para-hydroxylation sites is 1. The number of nitrogens with two attached hydrogens (primary N) is 1. The van der Waals surface area contributed by atoms with Crippen molar-refractivity contribution >= 4 is 0 Å². The Bertz CT molecular complexity index is 555. The van der Waals surface area contributed by atoms with Crippen molar-refractivity contribution in [2.24, 2.45) is 5.73 Å². The van der Waals surface area contributed by atoms with E-state index in [2.05, 4.69) is 4.90 Å². The lowest BCUT2D eigenvalue weighted by Gasteiger charge is -2.21. The molecule has 2 rings (SSSR count). The third-order valence-corrected chi connectivity index (χ3v) is 3.52. The van der Waals surface area contributed by atoms with Crippen LogP contribution in [0.4, 0.5) is 0 Å². The van der Waals surface area contributed by atoms with E-state index in [-0.39, 0.29) is 6.04 Å². The fourth-order valence-corrected chi connectivity index (χ4v) is 2.17. The first-order valence-corrected chi connectivity index (χ1v) is 7.47. The van der Waals surface area contributed by atoms with Gasteiger partial charge < -0.3 is 20.5 Å².